The number of carbonyl (C=O) groups excluding carboxylic acids is 1. The van der Waals surface area contributed by atoms with Crippen molar-refractivity contribution in [2.75, 3.05) is 7.11 Å². The van der Waals surface area contributed by atoms with Crippen molar-refractivity contribution in [2.24, 2.45) is 0 Å². The van der Waals surface area contributed by atoms with Crippen LogP contribution < -0.4 is 4.74 Å². The molecule has 0 spiro atoms. The lowest BCUT2D eigenvalue weighted by Gasteiger charge is -2.30. The summed E-state index contributed by atoms with van der Waals surface area (Å²) in [6, 6.07) is 13.2. The van der Waals surface area contributed by atoms with Gasteiger partial charge in [-0.3, -0.25) is 4.79 Å². The van der Waals surface area contributed by atoms with Gasteiger partial charge in [0, 0.05) is 0 Å². The summed E-state index contributed by atoms with van der Waals surface area (Å²) in [6.45, 7) is 0. The van der Waals surface area contributed by atoms with Crippen LogP contribution in [0.1, 0.15) is 17.5 Å². The van der Waals surface area contributed by atoms with Crippen LogP contribution in [-0.2, 0) is 10.4 Å². The van der Waals surface area contributed by atoms with Crippen LogP contribution in [0.25, 0.3) is 6.08 Å². The van der Waals surface area contributed by atoms with Crippen LogP contribution in [0.4, 0.5) is 13.2 Å². The first-order valence-electron chi connectivity index (χ1n) is 7.46. The smallest absolute Gasteiger partial charge is 0.421 e. The highest BCUT2D eigenvalue weighted by Crippen LogP contribution is 2.41. The van der Waals surface area contributed by atoms with E-state index in [4.69, 9.17) is 4.74 Å². The van der Waals surface area contributed by atoms with Crippen molar-refractivity contribution in [3.8, 4) is 5.75 Å². The second-order valence-electron chi connectivity index (χ2n) is 5.47. The lowest BCUT2D eigenvalue weighted by molar-refractivity contribution is -0.266. The zero-order chi connectivity index (χ0) is 18.5. The first kappa shape index (κ1) is 18.7. The molecule has 0 unspecified atom stereocenters. The molecular formula is C19H17F3O3. The minimum absolute atomic E-state index is 0.367. The summed E-state index contributed by atoms with van der Waals surface area (Å²) in [7, 11) is 1.51. The van der Waals surface area contributed by atoms with Crippen LogP contribution in [0.2, 0.25) is 0 Å². The Hall–Kier alpha value is -2.60. The van der Waals surface area contributed by atoms with Crippen LogP contribution in [0.3, 0.4) is 0 Å². The number of methoxy groups -OCH3 is 1. The highest BCUT2D eigenvalue weighted by molar-refractivity contribution is 5.94. The van der Waals surface area contributed by atoms with Gasteiger partial charge >= 0.3 is 6.18 Å². The normalized spacial score (nSPS) is 14.3. The van der Waals surface area contributed by atoms with E-state index in [-0.39, 0.29) is 5.56 Å². The molecule has 0 bridgehead atoms. The zero-order valence-electron chi connectivity index (χ0n) is 13.5. The molecule has 0 aliphatic carbocycles. The van der Waals surface area contributed by atoms with Gasteiger partial charge in [-0.15, -0.1) is 0 Å². The first-order valence-corrected chi connectivity index (χ1v) is 7.46. The molecule has 0 aromatic heterocycles. The fourth-order valence-electron chi connectivity index (χ4n) is 2.30. The molecule has 0 aliphatic rings. The van der Waals surface area contributed by atoms with E-state index in [2.05, 4.69) is 0 Å². The van der Waals surface area contributed by atoms with Gasteiger partial charge in [0.2, 0.25) is 0 Å². The Bertz CT molecular complexity index is 737. The number of hydrogen-bond acceptors (Lipinski definition) is 3. The molecule has 0 amide bonds. The van der Waals surface area contributed by atoms with Crippen molar-refractivity contribution < 1.29 is 27.8 Å². The number of ketones is 1. The van der Waals surface area contributed by atoms with E-state index in [1.165, 1.54) is 31.4 Å². The van der Waals surface area contributed by atoms with Gasteiger partial charge < -0.3 is 9.84 Å². The zero-order valence-corrected chi connectivity index (χ0v) is 13.5. The summed E-state index contributed by atoms with van der Waals surface area (Å²) >= 11 is 0. The van der Waals surface area contributed by atoms with Gasteiger partial charge in [0.15, 0.2) is 11.4 Å². The minimum atomic E-state index is -4.97. The van der Waals surface area contributed by atoms with Crippen molar-refractivity contribution >= 4 is 11.9 Å². The number of ether oxygens (including phenoxy) is 1. The lowest BCUT2D eigenvalue weighted by atomic mass is 9.87. The highest BCUT2D eigenvalue weighted by atomic mass is 19.4. The second kappa shape index (κ2) is 7.53. The van der Waals surface area contributed by atoms with Crippen molar-refractivity contribution in [2.45, 2.75) is 18.2 Å². The summed E-state index contributed by atoms with van der Waals surface area (Å²) in [6.07, 6.45) is -3.64. The van der Waals surface area contributed by atoms with Crippen LogP contribution in [0.15, 0.2) is 60.7 Å². The minimum Gasteiger partial charge on any atom is -0.497 e. The highest BCUT2D eigenvalue weighted by Gasteiger charge is 2.55. The summed E-state index contributed by atoms with van der Waals surface area (Å²) in [5, 5.41) is 10.2. The lowest BCUT2D eigenvalue weighted by Crippen LogP contribution is -2.43. The Morgan fingerprint density at radius 2 is 1.68 bits per heavy atom. The van der Waals surface area contributed by atoms with Crippen LogP contribution >= 0.6 is 0 Å². The maximum Gasteiger partial charge on any atom is 0.421 e. The molecule has 6 heteroatoms. The maximum atomic E-state index is 13.4. The van der Waals surface area contributed by atoms with Gasteiger partial charge in [0.05, 0.1) is 13.5 Å². The average Bonchev–Trinajstić information content (AvgIpc) is 2.60. The summed E-state index contributed by atoms with van der Waals surface area (Å²) in [5.74, 6) is -0.210. The largest absolute Gasteiger partial charge is 0.497 e. The van der Waals surface area contributed by atoms with E-state index in [1.54, 1.807) is 24.3 Å². The van der Waals surface area contributed by atoms with Gasteiger partial charge in [0.25, 0.3) is 0 Å². The molecule has 0 aliphatic heterocycles. The number of alkyl halides is 3. The number of allylic oxidation sites excluding steroid dienone is 1. The average molecular weight is 350 g/mol. The number of halogens is 3. The molecule has 0 heterocycles. The third-order valence-corrected chi connectivity index (χ3v) is 3.73. The van der Waals surface area contributed by atoms with Gasteiger partial charge in [0.1, 0.15) is 5.75 Å². The number of aliphatic hydroxyl groups is 1. The Morgan fingerprint density at radius 3 is 2.20 bits per heavy atom. The molecule has 1 atom stereocenters. The van der Waals surface area contributed by atoms with Crippen molar-refractivity contribution in [3.05, 3.63) is 71.8 Å². The van der Waals surface area contributed by atoms with Crippen molar-refractivity contribution in [1.29, 1.82) is 0 Å². The van der Waals surface area contributed by atoms with Crippen LogP contribution in [-0.4, -0.2) is 24.2 Å². The number of rotatable bonds is 6. The summed E-state index contributed by atoms with van der Waals surface area (Å²) in [4.78, 5) is 12.0. The fraction of sp³-hybridized carbons (Fsp3) is 0.211. The predicted molar refractivity (Wildman–Crippen MR) is 88.0 cm³/mol. The standard InChI is InChI=1S/C19H17F3O3/c1-25-17-11-8-14(9-12-17)7-10-16(23)13-18(24,19(20,21)22)15-5-3-2-4-6-15/h2-12,24H,13H2,1H3/b10-7-/t18-/m0/s1. The summed E-state index contributed by atoms with van der Waals surface area (Å²) in [5.41, 5.74) is -2.96. The van der Waals surface area contributed by atoms with E-state index in [1.807, 2.05) is 0 Å². The Kier molecular flexibility index (Phi) is 5.64. The third-order valence-electron chi connectivity index (χ3n) is 3.73. The van der Waals surface area contributed by atoms with E-state index in [9.17, 15) is 23.1 Å². The fourth-order valence-corrected chi connectivity index (χ4v) is 2.30. The second-order valence-corrected chi connectivity index (χ2v) is 5.47. The van der Waals surface area contributed by atoms with Gasteiger partial charge in [-0.05, 0) is 29.3 Å². The van der Waals surface area contributed by atoms with Crippen molar-refractivity contribution in [3.63, 3.8) is 0 Å². The molecule has 2 aromatic carbocycles. The quantitative estimate of drug-likeness (QED) is 0.798. The number of carbonyl (C=O) groups is 1. The maximum absolute atomic E-state index is 13.4. The molecule has 1 N–H and O–H groups in total. The van der Waals surface area contributed by atoms with Crippen LogP contribution in [0, 0.1) is 0 Å². The predicted octanol–water partition coefficient (Wildman–Crippen LogP) is 4.12. The number of hydrogen-bond donors (Lipinski definition) is 1. The van der Waals surface area contributed by atoms with Gasteiger partial charge in [-0.1, -0.05) is 48.5 Å². The van der Waals surface area contributed by atoms with E-state index < -0.39 is 24.0 Å². The van der Waals surface area contributed by atoms with E-state index in [0.29, 0.717) is 11.3 Å². The molecule has 2 rings (SSSR count). The molecule has 0 radical (unpaired) electrons. The SMILES string of the molecule is COc1ccc(/C=C\C(=O)C[C@](O)(c2ccccc2)C(F)(F)F)cc1. The van der Waals surface area contributed by atoms with Gasteiger partial charge in [-0.2, -0.15) is 13.2 Å². The van der Waals surface area contributed by atoms with E-state index in [0.717, 1.165) is 18.2 Å². The monoisotopic (exact) mass is 350 g/mol. The molecule has 2 aromatic rings. The summed E-state index contributed by atoms with van der Waals surface area (Å²) < 4.78 is 45.1. The molecule has 132 valence electrons. The van der Waals surface area contributed by atoms with Crippen molar-refractivity contribution in [1.82, 2.24) is 0 Å². The molecule has 0 fully saturated rings. The topological polar surface area (TPSA) is 46.5 Å². The van der Waals surface area contributed by atoms with E-state index >= 15 is 0 Å². The van der Waals surface area contributed by atoms with Crippen LogP contribution in [0.5, 0.6) is 5.75 Å². The van der Waals surface area contributed by atoms with Gasteiger partial charge in [-0.25, -0.2) is 0 Å². The molecule has 3 nitrogen and oxygen atoms in total. The first-order chi connectivity index (χ1) is 11.8. The molecular weight excluding hydrogens is 333 g/mol. The molecule has 0 saturated carbocycles. The molecule has 0 saturated heterocycles. The Balaban J connectivity index is 2.18. The Labute approximate surface area is 143 Å². The Morgan fingerprint density at radius 1 is 1.08 bits per heavy atom. The number of benzene rings is 2. The molecule has 25 heavy (non-hydrogen) atoms. The third kappa shape index (κ3) is 4.48.